The smallest absolute Gasteiger partial charge is 0.273 e. The van der Waals surface area contributed by atoms with Gasteiger partial charge in [-0.1, -0.05) is 0 Å². The van der Waals surface area contributed by atoms with Crippen molar-refractivity contribution in [1.82, 2.24) is 15.1 Å². The van der Waals surface area contributed by atoms with Crippen LogP contribution in [0.4, 0.5) is 5.82 Å². The standard InChI is InChI=1S/C13H20N4O3/c1-17(2)12(19)10-3-4-11(16-15-10)14-13(9-18)5-7-20-8-6-13/h3-4,18H,5-9H2,1-2H3,(H,14,16). The molecule has 0 aromatic carbocycles. The zero-order chi connectivity index (χ0) is 14.6. The molecule has 1 saturated heterocycles. The zero-order valence-electron chi connectivity index (χ0n) is 11.8. The minimum atomic E-state index is -0.417. The predicted octanol–water partition coefficient (Wildman–Crippen LogP) is 0.132. The van der Waals surface area contributed by atoms with E-state index < -0.39 is 5.54 Å². The Kier molecular flexibility index (Phi) is 4.51. The van der Waals surface area contributed by atoms with Gasteiger partial charge < -0.3 is 20.1 Å². The van der Waals surface area contributed by atoms with Crippen LogP contribution >= 0.6 is 0 Å². The van der Waals surface area contributed by atoms with Crippen molar-refractivity contribution in [3.8, 4) is 0 Å². The number of aliphatic hydroxyl groups excluding tert-OH is 1. The molecule has 2 N–H and O–H groups in total. The third-order valence-corrected chi connectivity index (χ3v) is 3.44. The summed E-state index contributed by atoms with van der Waals surface area (Å²) in [5, 5.41) is 20.7. The Hall–Kier alpha value is -1.73. The summed E-state index contributed by atoms with van der Waals surface area (Å²) in [6.45, 7) is 1.23. The van der Waals surface area contributed by atoms with Crippen molar-refractivity contribution in [3.63, 3.8) is 0 Å². The first kappa shape index (κ1) is 14.7. The number of carbonyl (C=O) groups excluding carboxylic acids is 1. The SMILES string of the molecule is CN(C)C(=O)c1ccc(NC2(CO)CCOCC2)nn1. The van der Waals surface area contributed by atoms with Gasteiger partial charge in [-0.15, -0.1) is 10.2 Å². The Labute approximate surface area is 117 Å². The van der Waals surface area contributed by atoms with Crippen LogP contribution in [0.3, 0.4) is 0 Å². The van der Waals surface area contributed by atoms with Crippen molar-refractivity contribution in [2.24, 2.45) is 0 Å². The summed E-state index contributed by atoms with van der Waals surface area (Å²) in [7, 11) is 3.33. The Morgan fingerprint density at radius 2 is 2.10 bits per heavy atom. The highest BCUT2D eigenvalue weighted by molar-refractivity contribution is 5.91. The number of aromatic nitrogens is 2. The molecule has 0 atom stereocenters. The first-order valence-electron chi connectivity index (χ1n) is 6.58. The van der Waals surface area contributed by atoms with Gasteiger partial charge in [-0.25, -0.2) is 0 Å². The number of nitrogens with zero attached hydrogens (tertiary/aromatic N) is 3. The number of anilines is 1. The van der Waals surface area contributed by atoms with Gasteiger partial charge in [0.05, 0.1) is 12.1 Å². The maximum absolute atomic E-state index is 11.7. The van der Waals surface area contributed by atoms with Gasteiger partial charge in [0.2, 0.25) is 0 Å². The lowest BCUT2D eigenvalue weighted by Gasteiger charge is -2.36. The fourth-order valence-electron chi connectivity index (χ4n) is 2.10. The lowest BCUT2D eigenvalue weighted by molar-refractivity contribution is 0.0378. The predicted molar refractivity (Wildman–Crippen MR) is 73.5 cm³/mol. The number of nitrogens with one attached hydrogen (secondary N) is 1. The van der Waals surface area contributed by atoms with Crippen LogP contribution in [0.1, 0.15) is 23.3 Å². The molecule has 7 nitrogen and oxygen atoms in total. The number of ether oxygens (including phenoxy) is 1. The third kappa shape index (κ3) is 3.23. The average molecular weight is 280 g/mol. The van der Waals surface area contributed by atoms with E-state index in [4.69, 9.17) is 4.74 Å². The van der Waals surface area contributed by atoms with Crippen molar-refractivity contribution in [1.29, 1.82) is 0 Å². The maximum Gasteiger partial charge on any atom is 0.273 e. The van der Waals surface area contributed by atoms with Crippen LogP contribution in [0.25, 0.3) is 0 Å². The molecule has 1 amide bonds. The monoisotopic (exact) mass is 280 g/mol. The van der Waals surface area contributed by atoms with Crippen LogP contribution < -0.4 is 5.32 Å². The summed E-state index contributed by atoms with van der Waals surface area (Å²) >= 11 is 0. The molecule has 0 bridgehead atoms. The highest BCUT2D eigenvalue weighted by atomic mass is 16.5. The molecule has 7 heteroatoms. The van der Waals surface area contributed by atoms with Crippen LogP contribution in [0.5, 0.6) is 0 Å². The quantitative estimate of drug-likeness (QED) is 0.815. The number of amides is 1. The number of carbonyl (C=O) groups is 1. The summed E-state index contributed by atoms with van der Waals surface area (Å²) in [6, 6.07) is 3.33. The second-order valence-electron chi connectivity index (χ2n) is 5.18. The second kappa shape index (κ2) is 6.15. The van der Waals surface area contributed by atoms with E-state index in [-0.39, 0.29) is 12.5 Å². The Morgan fingerprint density at radius 1 is 1.40 bits per heavy atom. The third-order valence-electron chi connectivity index (χ3n) is 3.44. The van der Waals surface area contributed by atoms with Crippen molar-refractivity contribution < 1.29 is 14.6 Å². The Balaban J connectivity index is 2.08. The van der Waals surface area contributed by atoms with Crippen molar-refractivity contribution >= 4 is 11.7 Å². The van der Waals surface area contributed by atoms with Gasteiger partial charge in [0.15, 0.2) is 5.69 Å². The van der Waals surface area contributed by atoms with Crippen LogP contribution in [0.15, 0.2) is 12.1 Å². The highest BCUT2D eigenvalue weighted by Crippen LogP contribution is 2.24. The van der Waals surface area contributed by atoms with Crippen LogP contribution in [0, 0.1) is 0 Å². The molecule has 0 aliphatic carbocycles. The van der Waals surface area contributed by atoms with E-state index in [1.165, 1.54) is 4.90 Å². The van der Waals surface area contributed by atoms with Gasteiger partial charge in [0, 0.05) is 27.3 Å². The lowest BCUT2D eigenvalue weighted by atomic mass is 9.91. The Morgan fingerprint density at radius 3 is 2.60 bits per heavy atom. The summed E-state index contributed by atoms with van der Waals surface area (Å²) in [6.07, 6.45) is 1.42. The number of hydrogen-bond acceptors (Lipinski definition) is 6. The molecule has 1 aliphatic rings. The highest BCUT2D eigenvalue weighted by Gasteiger charge is 2.32. The van der Waals surface area contributed by atoms with E-state index in [2.05, 4.69) is 15.5 Å². The van der Waals surface area contributed by atoms with E-state index in [0.29, 0.717) is 37.6 Å². The fraction of sp³-hybridized carbons (Fsp3) is 0.615. The summed E-state index contributed by atoms with van der Waals surface area (Å²) in [5.74, 6) is 0.364. The normalized spacial score (nSPS) is 17.6. The fourth-order valence-corrected chi connectivity index (χ4v) is 2.10. The van der Waals surface area contributed by atoms with E-state index in [0.717, 1.165) is 0 Å². The number of hydrogen-bond donors (Lipinski definition) is 2. The van der Waals surface area contributed by atoms with E-state index in [9.17, 15) is 9.90 Å². The topological polar surface area (TPSA) is 87.6 Å². The average Bonchev–Trinajstić information content (AvgIpc) is 2.48. The molecule has 1 fully saturated rings. The van der Waals surface area contributed by atoms with Crippen LogP contribution in [-0.4, -0.2) is 65.6 Å². The minimum Gasteiger partial charge on any atom is -0.394 e. The molecule has 110 valence electrons. The minimum absolute atomic E-state index is 0.0103. The zero-order valence-corrected chi connectivity index (χ0v) is 11.8. The van der Waals surface area contributed by atoms with Gasteiger partial charge in [0.1, 0.15) is 5.82 Å². The Bertz CT molecular complexity index is 455. The van der Waals surface area contributed by atoms with Crippen LogP contribution in [-0.2, 0) is 4.74 Å². The molecule has 20 heavy (non-hydrogen) atoms. The molecule has 2 rings (SSSR count). The maximum atomic E-state index is 11.7. The summed E-state index contributed by atoms with van der Waals surface area (Å²) < 4.78 is 5.30. The molecule has 0 spiro atoms. The van der Waals surface area contributed by atoms with Gasteiger partial charge in [-0.3, -0.25) is 4.79 Å². The van der Waals surface area contributed by atoms with Gasteiger partial charge >= 0.3 is 0 Å². The number of aliphatic hydroxyl groups is 1. The molecule has 0 saturated carbocycles. The molecular formula is C13H20N4O3. The van der Waals surface area contributed by atoms with Crippen LogP contribution in [0.2, 0.25) is 0 Å². The van der Waals surface area contributed by atoms with Crippen molar-refractivity contribution in [2.75, 3.05) is 39.2 Å². The van der Waals surface area contributed by atoms with E-state index in [1.54, 1.807) is 26.2 Å². The first-order valence-corrected chi connectivity index (χ1v) is 6.58. The second-order valence-corrected chi connectivity index (χ2v) is 5.18. The van der Waals surface area contributed by atoms with E-state index in [1.807, 2.05) is 0 Å². The number of rotatable bonds is 4. The molecule has 1 aliphatic heterocycles. The van der Waals surface area contributed by atoms with Gasteiger partial charge in [-0.2, -0.15) is 0 Å². The van der Waals surface area contributed by atoms with E-state index >= 15 is 0 Å². The van der Waals surface area contributed by atoms with Crippen molar-refractivity contribution in [3.05, 3.63) is 17.8 Å². The molecular weight excluding hydrogens is 260 g/mol. The molecule has 0 radical (unpaired) electrons. The molecule has 1 aromatic rings. The lowest BCUT2D eigenvalue weighted by Crippen LogP contribution is -2.47. The summed E-state index contributed by atoms with van der Waals surface area (Å²) in [4.78, 5) is 13.2. The van der Waals surface area contributed by atoms with Gasteiger partial charge in [-0.05, 0) is 25.0 Å². The molecule has 1 aromatic heterocycles. The largest absolute Gasteiger partial charge is 0.394 e. The molecule has 0 unspecified atom stereocenters. The van der Waals surface area contributed by atoms with Gasteiger partial charge in [0.25, 0.3) is 5.91 Å². The molecule has 2 heterocycles. The summed E-state index contributed by atoms with van der Waals surface area (Å²) in [5.41, 5.74) is -0.120. The van der Waals surface area contributed by atoms with Crippen molar-refractivity contribution in [2.45, 2.75) is 18.4 Å². The first-order chi connectivity index (χ1) is 9.56.